The van der Waals surface area contributed by atoms with E-state index in [9.17, 15) is 4.39 Å². The van der Waals surface area contributed by atoms with Gasteiger partial charge < -0.3 is 15.2 Å². The van der Waals surface area contributed by atoms with Crippen LogP contribution in [0.25, 0.3) is 0 Å². The number of ether oxygens (including phenoxy) is 2. The highest BCUT2D eigenvalue weighted by molar-refractivity contribution is 7.80. The molecule has 0 aliphatic rings. The summed E-state index contributed by atoms with van der Waals surface area (Å²) in [6, 6.07) is 11.8. The van der Waals surface area contributed by atoms with E-state index in [1.165, 1.54) is 12.1 Å². The Kier molecular flexibility index (Phi) is 5.25. The van der Waals surface area contributed by atoms with Crippen molar-refractivity contribution in [3.05, 3.63) is 65.0 Å². The molecule has 0 saturated carbocycles. The molecular formula is C16H16FNO2S. The zero-order chi connectivity index (χ0) is 15.2. The van der Waals surface area contributed by atoms with Gasteiger partial charge in [-0.25, -0.2) is 4.39 Å². The van der Waals surface area contributed by atoms with E-state index in [2.05, 4.69) is 0 Å². The molecule has 0 radical (unpaired) electrons. The van der Waals surface area contributed by atoms with Crippen LogP contribution in [0.2, 0.25) is 0 Å². The van der Waals surface area contributed by atoms with Crippen LogP contribution in [0.5, 0.6) is 5.75 Å². The smallest absolute Gasteiger partial charge is 0.123 e. The highest BCUT2D eigenvalue weighted by atomic mass is 32.1. The van der Waals surface area contributed by atoms with Crippen molar-refractivity contribution >= 4 is 17.2 Å². The van der Waals surface area contributed by atoms with E-state index < -0.39 is 0 Å². The predicted molar refractivity (Wildman–Crippen MR) is 83.8 cm³/mol. The largest absolute Gasteiger partial charge is 0.489 e. The van der Waals surface area contributed by atoms with E-state index in [1.807, 2.05) is 24.3 Å². The fraction of sp³-hybridized carbons (Fsp3) is 0.188. The molecule has 0 amide bonds. The minimum atomic E-state index is -0.346. The third-order valence-electron chi connectivity index (χ3n) is 2.94. The molecule has 2 rings (SSSR count). The van der Waals surface area contributed by atoms with Gasteiger partial charge >= 0.3 is 0 Å². The maximum Gasteiger partial charge on any atom is 0.123 e. The Morgan fingerprint density at radius 3 is 2.71 bits per heavy atom. The van der Waals surface area contributed by atoms with Crippen LogP contribution in [-0.2, 0) is 18.0 Å². The molecule has 0 aliphatic heterocycles. The topological polar surface area (TPSA) is 44.5 Å². The van der Waals surface area contributed by atoms with Gasteiger partial charge in [0.05, 0.1) is 6.61 Å². The van der Waals surface area contributed by atoms with Crippen molar-refractivity contribution in [1.29, 1.82) is 0 Å². The first-order chi connectivity index (χ1) is 10.1. The monoisotopic (exact) mass is 305 g/mol. The van der Waals surface area contributed by atoms with Gasteiger partial charge in [-0.05, 0) is 35.9 Å². The zero-order valence-electron chi connectivity index (χ0n) is 11.6. The second kappa shape index (κ2) is 7.15. The Morgan fingerprint density at radius 1 is 1.19 bits per heavy atom. The van der Waals surface area contributed by atoms with Crippen molar-refractivity contribution in [2.75, 3.05) is 7.11 Å². The van der Waals surface area contributed by atoms with Crippen LogP contribution in [0.1, 0.15) is 16.7 Å². The molecule has 0 unspecified atom stereocenters. The Morgan fingerprint density at radius 2 is 2.00 bits per heavy atom. The molecule has 0 bridgehead atoms. The molecule has 0 saturated heterocycles. The molecule has 2 aromatic carbocycles. The molecule has 0 aromatic heterocycles. The van der Waals surface area contributed by atoms with Gasteiger partial charge in [-0.15, -0.1) is 0 Å². The van der Waals surface area contributed by atoms with Gasteiger partial charge in [-0.3, -0.25) is 0 Å². The third kappa shape index (κ3) is 4.24. The molecule has 0 heterocycles. The van der Waals surface area contributed by atoms with Crippen molar-refractivity contribution in [2.45, 2.75) is 13.2 Å². The number of thiocarbonyl (C=S) groups is 1. The number of hydrogen-bond acceptors (Lipinski definition) is 3. The van der Waals surface area contributed by atoms with E-state index in [0.717, 1.165) is 5.56 Å². The maximum absolute atomic E-state index is 13.3. The first-order valence-corrected chi connectivity index (χ1v) is 6.80. The van der Waals surface area contributed by atoms with Crippen LogP contribution in [0.15, 0.2) is 42.5 Å². The Balaban J connectivity index is 2.14. The van der Waals surface area contributed by atoms with Crippen LogP contribution in [0, 0.1) is 5.82 Å². The molecule has 3 nitrogen and oxygen atoms in total. The zero-order valence-corrected chi connectivity index (χ0v) is 12.5. The Hall–Kier alpha value is -1.98. The lowest BCUT2D eigenvalue weighted by Crippen LogP contribution is -2.13. The molecular weight excluding hydrogens is 289 g/mol. The third-order valence-corrected chi connectivity index (χ3v) is 3.16. The average molecular weight is 305 g/mol. The summed E-state index contributed by atoms with van der Waals surface area (Å²) >= 11 is 4.96. The second-order valence-corrected chi connectivity index (χ2v) is 4.97. The Bertz CT molecular complexity index is 646. The number of halogens is 1. The number of rotatable bonds is 6. The predicted octanol–water partition coefficient (Wildman–Crippen LogP) is 3.19. The van der Waals surface area contributed by atoms with Crippen molar-refractivity contribution in [3.8, 4) is 5.75 Å². The lowest BCUT2D eigenvalue weighted by molar-refractivity contribution is 0.184. The molecule has 2 N–H and O–H groups in total. The molecule has 2 aromatic rings. The van der Waals surface area contributed by atoms with Gasteiger partial charge in [0.2, 0.25) is 0 Å². The van der Waals surface area contributed by atoms with Crippen molar-refractivity contribution in [1.82, 2.24) is 0 Å². The minimum Gasteiger partial charge on any atom is -0.489 e. The van der Waals surface area contributed by atoms with Crippen LogP contribution in [0.3, 0.4) is 0 Å². The van der Waals surface area contributed by atoms with Gasteiger partial charge in [-0.2, -0.15) is 0 Å². The molecule has 110 valence electrons. The van der Waals surface area contributed by atoms with Crippen LogP contribution < -0.4 is 10.5 Å². The number of benzene rings is 2. The highest BCUT2D eigenvalue weighted by Crippen LogP contribution is 2.18. The molecule has 21 heavy (non-hydrogen) atoms. The summed E-state index contributed by atoms with van der Waals surface area (Å²) in [6.07, 6.45) is 0. The van der Waals surface area contributed by atoms with Crippen molar-refractivity contribution < 1.29 is 13.9 Å². The normalized spacial score (nSPS) is 10.4. The van der Waals surface area contributed by atoms with Gasteiger partial charge in [-0.1, -0.05) is 24.4 Å². The fourth-order valence-electron chi connectivity index (χ4n) is 1.97. The first-order valence-electron chi connectivity index (χ1n) is 6.39. The summed E-state index contributed by atoms with van der Waals surface area (Å²) in [7, 11) is 1.63. The van der Waals surface area contributed by atoms with E-state index in [0.29, 0.717) is 23.5 Å². The minimum absolute atomic E-state index is 0.195. The van der Waals surface area contributed by atoms with Gasteiger partial charge in [0.15, 0.2) is 0 Å². The molecule has 0 fully saturated rings. The van der Waals surface area contributed by atoms with E-state index >= 15 is 0 Å². The van der Waals surface area contributed by atoms with E-state index in [-0.39, 0.29) is 17.4 Å². The second-order valence-electron chi connectivity index (χ2n) is 4.53. The standard InChI is InChI=1S/C16H16FNO2S/c1-19-9-11-3-2-4-14(7-11)20-10-12-8-13(17)5-6-15(12)16(18)21/h2-8H,9-10H2,1H3,(H2,18,21). The summed E-state index contributed by atoms with van der Waals surface area (Å²) in [5.41, 5.74) is 7.89. The maximum atomic E-state index is 13.3. The van der Waals surface area contributed by atoms with Gasteiger partial charge in [0.25, 0.3) is 0 Å². The lowest BCUT2D eigenvalue weighted by atomic mass is 10.1. The molecule has 0 aliphatic carbocycles. The van der Waals surface area contributed by atoms with Crippen LogP contribution in [0.4, 0.5) is 4.39 Å². The van der Waals surface area contributed by atoms with Crippen LogP contribution in [-0.4, -0.2) is 12.1 Å². The quantitative estimate of drug-likeness (QED) is 0.833. The number of nitrogens with two attached hydrogens (primary N) is 1. The average Bonchev–Trinajstić information content (AvgIpc) is 2.45. The van der Waals surface area contributed by atoms with E-state index in [4.69, 9.17) is 27.4 Å². The number of methoxy groups -OCH3 is 1. The van der Waals surface area contributed by atoms with Gasteiger partial charge in [0.1, 0.15) is 23.2 Å². The van der Waals surface area contributed by atoms with Crippen molar-refractivity contribution in [2.24, 2.45) is 5.73 Å². The van der Waals surface area contributed by atoms with Crippen molar-refractivity contribution in [3.63, 3.8) is 0 Å². The summed E-state index contributed by atoms with van der Waals surface area (Å²) < 4.78 is 24.1. The summed E-state index contributed by atoms with van der Waals surface area (Å²) in [5.74, 6) is 0.337. The summed E-state index contributed by atoms with van der Waals surface area (Å²) in [6.45, 7) is 0.705. The molecule has 0 spiro atoms. The fourth-order valence-corrected chi connectivity index (χ4v) is 2.17. The lowest BCUT2D eigenvalue weighted by Gasteiger charge is -2.11. The highest BCUT2D eigenvalue weighted by Gasteiger charge is 2.08. The molecule has 0 atom stereocenters. The van der Waals surface area contributed by atoms with Crippen LogP contribution >= 0.6 is 12.2 Å². The molecule has 5 heteroatoms. The summed E-state index contributed by atoms with van der Waals surface area (Å²) in [4.78, 5) is 0.224. The SMILES string of the molecule is COCc1cccc(OCc2cc(F)ccc2C(N)=S)c1. The van der Waals surface area contributed by atoms with E-state index in [1.54, 1.807) is 13.2 Å². The first kappa shape index (κ1) is 15.4. The summed E-state index contributed by atoms with van der Waals surface area (Å²) in [5, 5.41) is 0. The Labute approximate surface area is 128 Å². The van der Waals surface area contributed by atoms with Gasteiger partial charge in [0, 0.05) is 18.2 Å². The number of hydrogen-bond donors (Lipinski definition) is 1.